The van der Waals surface area contributed by atoms with Crippen LogP contribution in [0.4, 0.5) is 10.5 Å². The van der Waals surface area contributed by atoms with Gasteiger partial charge in [0.25, 0.3) is 0 Å². The van der Waals surface area contributed by atoms with E-state index in [4.69, 9.17) is 5.11 Å². The highest BCUT2D eigenvalue weighted by Crippen LogP contribution is 2.18. The van der Waals surface area contributed by atoms with Crippen LogP contribution in [-0.4, -0.2) is 33.6 Å². The van der Waals surface area contributed by atoms with E-state index in [1.807, 2.05) is 55.6 Å². The van der Waals surface area contributed by atoms with Crippen LogP contribution in [0.2, 0.25) is 0 Å². The minimum atomic E-state index is -0.257. The van der Waals surface area contributed by atoms with Gasteiger partial charge in [0, 0.05) is 30.5 Å². The molecule has 0 radical (unpaired) electrons. The second kappa shape index (κ2) is 6.66. The number of urea groups is 1. The van der Waals surface area contributed by atoms with E-state index in [0.29, 0.717) is 5.69 Å². The lowest BCUT2D eigenvalue weighted by molar-refractivity contribution is 0.238. The van der Waals surface area contributed by atoms with Gasteiger partial charge in [0.15, 0.2) is 0 Å². The third kappa shape index (κ3) is 3.78. The zero-order valence-electron chi connectivity index (χ0n) is 12.9. The number of aromatic nitrogens is 2. The molecule has 0 saturated carbocycles. The van der Waals surface area contributed by atoms with Crippen LogP contribution in [0.1, 0.15) is 12.1 Å². The summed E-state index contributed by atoms with van der Waals surface area (Å²) in [4.78, 5) is 12.1. The summed E-state index contributed by atoms with van der Waals surface area (Å²) in [6, 6.07) is 9.14. The Bertz CT molecular complexity index is 723. The van der Waals surface area contributed by atoms with Gasteiger partial charge in [-0.3, -0.25) is 0 Å². The predicted molar refractivity (Wildman–Crippen MR) is 88.6 cm³/mol. The van der Waals surface area contributed by atoms with Crippen LogP contribution in [0, 0.1) is 12.8 Å². The minimum Gasteiger partial charge on any atom is -0.396 e. The number of anilines is 1. The van der Waals surface area contributed by atoms with E-state index in [-0.39, 0.29) is 24.6 Å². The number of hydrogen-bond donors (Lipinski definition) is 3. The summed E-state index contributed by atoms with van der Waals surface area (Å²) < 4.78 is 1.77. The standard InChI is InChI=1S/C17H20N4O2/c1-12-7-8-21(20-12)16-4-2-3-14(10-16)18-17(23)19-15-6-5-13(9-15)11-22/h2-8,10,13,15,22H,9,11H2,1H3,(H2,18,19,23)/t13-,15+/m0/s1. The molecule has 3 N–H and O–H groups in total. The number of benzene rings is 1. The van der Waals surface area contributed by atoms with Gasteiger partial charge in [0.05, 0.1) is 11.4 Å². The molecule has 2 aromatic rings. The Hall–Kier alpha value is -2.60. The molecule has 0 saturated heterocycles. The molecule has 120 valence electrons. The molecule has 1 aromatic carbocycles. The van der Waals surface area contributed by atoms with Crippen LogP contribution in [0.5, 0.6) is 0 Å². The average Bonchev–Trinajstić information content (AvgIpc) is 3.16. The minimum absolute atomic E-state index is 0.0379. The summed E-state index contributed by atoms with van der Waals surface area (Å²) in [6.07, 6.45) is 6.47. The van der Waals surface area contributed by atoms with Gasteiger partial charge >= 0.3 is 6.03 Å². The van der Waals surface area contributed by atoms with Crippen molar-refractivity contribution in [3.63, 3.8) is 0 Å². The fourth-order valence-corrected chi connectivity index (χ4v) is 2.64. The monoisotopic (exact) mass is 312 g/mol. The molecule has 0 bridgehead atoms. The van der Waals surface area contributed by atoms with Crippen molar-refractivity contribution in [2.24, 2.45) is 5.92 Å². The molecular weight excluding hydrogens is 292 g/mol. The van der Waals surface area contributed by atoms with Crippen LogP contribution < -0.4 is 10.6 Å². The topological polar surface area (TPSA) is 79.2 Å². The molecule has 23 heavy (non-hydrogen) atoms. The summed E-state index contributed by atoms with van der Waals surface area (Å²) in [5, 5.41) is 19.2. The average molecular weight is 312 g/mol. The molecule has 0 unspecified atom stereocenters. The number of aliphatic hydroxyl groups is 1. The molecule has 1 aliphatic carbocycles. The van der Waals surface area contributed by atoms with Crippen molar-refractivity contribution in [1.82, 2.24) is 15.1 Å². The fraction of sp³-hybridized carbons (Fsp3) is 0.294. The smallest absolute Gasteiger partial charge is 0.319 e. The first kappa shape index (κ1) is 15.3. The lowest BCUT2D eigenvalue weighted by Gasteiger charge is -2.14. The molecule has 1 heterocycles. The molecule has 0 spiro atoms. The van der Waals surface area contributed by atoms with E-state index in [1.165, 1.54) is 0 Å². The van der Waals surface area contributed by atoms with Crippen LogP contribution in [-0.2, 0) is 0 Å². The van der Waals surface area contributed by atoms with E-state index in [1.54, 1.807) is 4.68 Å². The third-order valence-corrected chi connectivity index (χ3v) is 3.81. The second-order valence-corrected chi connectivity index (χ2v) is 5.72. The van der Waals surface area contributed by atoms with Gasteiger partial charge in [0.2, 0.25) is 0 Å². The zero-order chi connectivity index (χ0) is 16.2. The number of carbonyl (C=O) groups excluding carboxylic acids is 1. The molecule has 0 fully saturated rings. The molecule has 6 heteroatoms. The molecule has 6 nitrogen and oxygen atoms in total. The highest BCUT2D eigenvalue weighted by Gasteiger charge is 2.19. The first-order chi connectivity index (χ1) is 11.1. The van der Waals surface area contributed by atoms with Crippen molar-refractivity contribution in [2.45, 2.75) is 19.4 Å². The Kier molecular flexibility index (Phi) is 4.43. The van der Waals surface area contributed by atoms with E-state index in [9.17, 15) is 4.79 Å². The first-order valence-corrected chi connectivity index (χ1v) is 7.63. The predicted octanol–water partition coefficient (Wildman–Crippen LogP) is 2.24. The molecule has 3 rings (SSSR count). The number of hydrogen-bond acceptors (Lipinski definition) is 3. The van der Waals surface area contributed by atoms with Gasteiger partial charge in [-0.2, -0.15) is 5.10 Å². The van der Waals surface area contributed by atoms with Gasteiger partial charge in [-0.1, -0.05) is 18.2 Å². The zero-order valence-corrected chi connectivity index (χ0v) is 12.9. The lowest BCUT2D eigenvalue weighted by atomic mass is 10.1. The van der Waals surface area contributed by atoms with E-state index in [0.717, 1.165) is 17.8 Å². The first-order valence-electron chi connectivity index (χ1n) is 7.63. The Balaban J connectivity index is 1.62. The van der Waals surface area contributed by atoms with Crippen molar-refractivity contribution in [3.05, 3.63) is 54.4 Å². The Morgan fingerprint density at radius 1 is 1.39 bits per heavy atom. The molecule has 0 aliphatic heterocycles. The van der Waals surface area contributed by atoms with Crippen LogP contribution >= 0.6 is 0 Å². The van der Waals surface area contributed by atoms with Crippen molar-refractivity contribution in [1.29, 1.82) is 0 Å². The maximum Gasteiger partial charge on any atom is 0.319 e. The SMILES string of the molecule is Cc1ccn(-c2cccc(NC(=O)N[C@@H]3C=C[C@H](CO)C3)c2)n1. The van der Waals surface area contributed by atoms with Crippen LogP contribution in [0.25, 0.3) is 5.69 Å². The van der Waals surface area contributed by atoms with E-state index in [2.05, 4.69) is 15.7 Å². The molecule has 2 amide bonds. The molecular formula is C17H20N4O2. The van der Waals surface area contributed by atoms with Gasteiger partial charge in [-0.25, -0.2) is 9.48 Å². The Labute approximate surface area is 134 Å². The van der Waals surface area contributed by atoms with E-state index < -0.39 is 0 Å². The van der Waals surface area contributed by atoms with Crippen molar-refractivity contribution < 1.29 is 9.90 Å². The highest BCUT2D eigenvalue weighted by molar-refractivity contribution is 5.89. The number of carbonyl (C=O) groups is 1. The maximum atomic E-state index is 12.1. The Morgan fingerprint density at radius 3 is 2.96 bits per heavy atom. The quantitative estimate of drug-likeness (QED) is 0.758. The molecule has 1 aliphatic rings. The van der Waals surface area contributed by atoms with Crippen molar-refractivity contribution >= 4 is 11.7 Å². The molecule has 1 aromatic heterocycles. The summed E-state index contributed by atoms with van der Waals surface area (Å²) in [5.74, 6) is 0.131. The second-order valence-electron chi connectivity index (χ2n) is 5.72. The Morgan fingerprint density at radius 2 is 2.26 bits per heavy atom. The number of aliphatic hydroxyl groups excluding tert-OH is 1. The third-order valence-electron chi connectivity index (χ3n) is 3.81. The summed E-state index contributed by atoms with van der Waals surface area (Å²) in [7, 11) is 0. The lowest BCUT2D eigenvalue weighted by Crippen LogP contribution is -2.36. The normalized spacial score (nSPS) is 19.7. The number of aryl methyl sites for hydroxylation is 1. The van der Waals surface area contributed by atoms with Crippen LogP contribution in [0.3, 0.4) is 0 Å². The van der Waals surface area contributed by atoms with Gasteiger partial charge in [-0.05, 0) is 37.6 Å². The number of nitrogens with zero attached hydrogens (tertiary/aromatic N) is 2. The summed E-state index contributed by atoms with van der Waals surface area (Å²) in [5.41, 5.74) is 2.53. The highest BCUT2D eigenvalue weighted by atomic mass is 16.3. The van der Waals surface area contributed by atoms with Crippen LogP contribution in [0.15, 0.2) is 48.7 Å². The number of rotatable bonds is 4. The molecule has 2 atom stereocenters. The largest absolute Gasteiger partial charge is 0.396 e. The van der Waals surface area contributed by atoms with Crippen molar-refractivity contribution in [3.8, 4) is 5.69 Å². The van der Waals surface area contributed by atoms with Gasteiger partial charge in [-0.15, -0.1) is 0 Å². The summed E-state index contributed by atoms with van der Waals surface area (Å²) >= 11 is 0. The maximum absolute atomic E-state index is 12.1. The fourth-order valence-electron chi connectivity index (χ4n) is 2.64. The summed E-state index contributed by atoms with van der Waals surface area (Å²) in [6.45, 7) is 2.04. The number of amides is 2. The van der Waals surface area contributed by atoms with Crippen molar-refractivity contribution in [2.75, 3.05) is 11.9 Å². The number of nitrogens with one attached hydrogen (secondary N) is 2. The van der Waals surface area contributed by atoms with E-state index >= 15 is 0 Å². The van der Waals surface area contributed by atoms with Gasteiger partial charge < -0.3 is 15.7 Å². The van der Waals surface area contributed by atoms with Gasteiger partial charge in [0.1, 0.15) is 0 Å².